The molecule has 1 unspecified atom stereocenters. The van der Waals surface area contributed by atoms with Crippen molar-refractivity contribution in [2.75, 3.05) is 0 Å². The molecule has 0 aliphatic heterocycles. The molecule has 2 aliphatic rings. The molecule has 2 aromatic carbocycles. The van der Waals surface area contributed by atoms with Crippen LogP contribution >= 0.6 is 0 Å². The van der Waals surface area contributed by atoms with E-state index in [4.69, 9.17) is 0 Å². The van der Waals surface area contributed by atoms with Gasteiger partial charge in [-0.25, -0.2) is 0 Å². The molecule has 0 bridgehead atoms. The van der Waals surface area contributed by atoms with Gasteiger partial charge in [0.1, 0.15) is 0 Å². The first kappa shape index (κ1) is 22.0. The van der Waals surface area contributed by atoms with Crippen LogP contribution in [0.2, 0.25) is 16.7 Å². The van der Waals surface area contributed by atoms with Crippen LogP contribution in [0.5, 0.6) is 0 Å². The van der Waals surface area contributed by atoms with Crippen molar-refractivity contribution in [1.82, 2.24) is 0 Å². The van der Waals surface area contributed by atoms with Gasteiger partial charge in [0, 0.05) is 0 Å². The summed E-state index contributed by atoms with van der Waals surface area (Å²) in [6.07, 6.45) is 2.71. The zero-order chi connectivity index (χ0) is 21.7. The van der Waals surface area contributed by atoms with E-state index < -0.39 is 20.4 Å². The Kier molecular flexibility index (Phi) is 6.12. The third-order valence-corrected chi connectivity index (χ3v) is 27.3. The molecule has 0 saturated carbocycles. The van der Waals surface area contributed by atoms with Gasteiger partial charge >= 0.3 is 192 Å². The summed E-state index contributed by atoms with van der Waals surface area (Å²) in [7, 11) is 0. The van der Waals surface area contributed by atoms with Gasteiger partial charge in [-0.05, 0) is 0 Å². The maximum atomic E-state index is 2.71. The molecule has 0 fully saturated rings. The second-order valence-corrected chi connectivity index (χ2v) is 27.4. The Labute approximate surface area is 191 Å². The molecule has 0 N–H and O–H groups in total. The number of aryl methyl sites for hydroxylation is 1. The van der Waals surface area contributed by atoms with E-state index in [9.17, 15) is 0 Å². The van der Waals surface area contributed by atoms with Gasteiger partial charge in [-0.1, -0.05) is 0 Å². The zero-order valence-electron chi connectivity index (χ0n) is 19.8. The summed E-state index contributed by atoms with van der Waals surface area (Å²) < 4.78 is 1.47. The van der Waals surface area contributed by atoms with Gasteiger partial charge in [-0.15, -0.1) is 0 Å². The number of hydrogen-bond donors (Lipinski definition) is 0. The van der Waals surface area contributed by atoms with Gasteiger partial charge in [0.15, 0.2) is 0 Å². The molecule has 0 amide bonds. The molecule has 2 aliphatic carbocycles. The Balaban J connectivity index is 1.93. The van der Waals surface area contributed by atoms with E-state index in [0.29, 0.717) is 3.63 Å². The van der Waals surface area contributed by atoms with Crippen LogP contribution in [0.1, 0.15) is 59.1 Å². The Hall–Kier alpha value is -1.24. The zero-order valence-corrected chi connectivity index (χ0v) is 23.2. The Morgan fingerprint density at radius 2 is 1.33 bits per heavy atom. The van der Waals surface area contributed by atoms with Crippen molar-refractivity contribution in [2.24, 2.45) is 0 Å². The number of hydrogen-bond acceptors (Lipinski definition) is 0. The summed E-state index contributed by atoms with van der Waals surface area (Å²) >= 11 is -1.87. The molecule has 2 aromatic rings. The fraction of sp³-hybridized carbons (Fsp3) is 0.357. The first-order valence-electron chi connectivity index (χ1n) is 11.1. The second kappa shape index (κ2) is 8.36. The first-order valence-corrected chi connectivity index (χ1v) is 20.2. The van der Waals surface area contributed by atoms with E-state index in [1.54, 1.807) is 27.9 Å². The van der Waals surface area contributed by atoms with Crippen LogP contribution in [0, 0.1) is 13.8 Å². The number of rotatable bonds is 3. The minimum atomic E-state index is -1.87. The van der Waals surface area contributed by atoms with Crippen molar-refractivity contribution in [3.8, 4) is 0 Å². The molecule has 2 heteroatoms. The first-order chi connectivity index (χ1) is 14.2. The van der Waals surface area contributed by atoms with Crippen LogP contribution in [0.4, 0.5) is 0 Å². The quantitative estimate of drug-likeness (QED) is 0.382. The maximum absolute atomic E-state index is 2.71. The Morgan fingerprint density at radius 3 is 1.97 bits per heavy atom. The second-order valence-electron chi connectivity index (χ2n) is 9.40. The third-order valence-electron chi connectivity index (χ3n) is 7.65. The van der Waals surface area contributed by atoms with Crippen LogP contribution in [-0.2, 0) is 20.4 Å². The predicted molar refractivity (Wildman–Crippen MR) is 130 cm³/mol. The topological polar surface area (TPSA) is 0 Å². The molecule has 4 rings (SSSR count). The SMILES string of the molecule is CC1=C(C)[CH]([Zr]([CH]2C=C(c3cccc(C)c3C)c3ccccc32)=[Si](C)C)C(C)=C1C. The van der Waals surface area contributed by atoms with Crippen LogP contribution < -0.4 is 0 Å². The molecular weight excluding hydrogens is 456 g/mol. The normalized spacial score (nSPS) is 18.8. The summed E-state index contributed by atoms with van der Waals surface area (Å²) in [5, 5.41) is 0. The van der Waals surface area contributed by atoms with Gasteiger partial charge in [-0.2, -0.15) is 0 Å². The number of fused-ring (bicyclic) bond motifs is 1. The summed E-state index contributed by atoms with van der Waals surface area (Å²) in [6.45, 7) is 19.3. The summed E-state index contributed by atoms with van der Waals surface area (Å²) in [4.78, 5) is 0. The summed E-state index contributed by atoms with van der Waals surface area (Å²) in [5.74, 6) is 0. The van der Waals surface area contributed by atoms with Crippen LogP contribution in [-0.4, -0.2) is 5.43 Å². The van der Waals surface area contributed by atoms with E-state index in [0.717, 1.165) is 3.63 Å². The summed E-state index contributed by atoms with van der Waals surface area (Å²) in [6, 6.07) is 16.1. The molecule has 0 nitrogen and oxygen atoms in total. The van der Waals surface area contributed by atoms with Crippen molar-refractivity contribution in [1.29, 1.82) is 0 Å². The van der Waals surface area contributed by atoms with Crippen LogP contribution in [0.15, 0.2) is 70.8 Å². The van der Waals surface area contributed by atoms with E-state index >= 15 is 0 Å². The average Bonchev–Trinajstić information content (AvgIpc) is 3.18. The Morgan fingerprint density at radius 1 is 0.733 bits per heavy atom. The van der Waals surface area contributed by atoms with Gasteiger partial charge in [-0.3, -0.25) is 0 Å². The third kappa shape index (κ3) is 3.45. The number of allylic oxidation sites excluding steroid dienone is 5. The molecule has 0 radical (unpaired) electrons. The minimum absolute atomic E-state index is 0.331. The molecule has 0 saturated heterocycles. The van der Waals surface area contributed by atoms with E-state index in [1.165, 1.54) is 27.8 Å². The van der Waals surface area contributed by atoms with Gasteiger partial charge in [0.05, 0.1) is 0 Å². The number of benzene rings is 2. The molecule has 1 atom stereocenters. The van der Waals surface area contributed by atoms with Crippen molar-refractivity contribution in [2.45, 2.75) is 61.9 Å². The van der Waals surface area contributed by atoms with E-state index in [1.807, 2.05) is 0 Å². The fourth-order valence-corrected chi connectivity index (χ4v) is 26.0. The monoisotopic (exact) mass is 488 g/mol. The van der Waals surface area contributed by atoms with Crippen LogP contribution in [0.25, 0.3) is 5.57 Å². The van der Waals surface area contributed by atoms with Crippen LogP contribution in [0.3, 0.4) is 0 Å². The van der Waals surface area contributed by atoms with Crippen molar-refractivity contribution in [3.05, 3.63) is 98.7 Å². The predicted octanol–water partition coefficient (Wildman–Crippen LogP) is 8.13. The fourth-order valence-electron chi connectivity index (χ4n) is 5.49. The molecule has 0 heterocycles. The van der Waals surface area contributed by atoms with E-state index in [-0.39, 0.29) is 5.43 Å². The van der Waals surface area contributed by atoms with Crippen molar-refractivity contribution < 1.29 is 20.4 Å². The van der Waals surface area contributed by atoms with Crippen molar-refractivity contribution >= 4 is 11.0 Å². The molecular formula is C28H34SiZr. The molecule has 30 heavy (non-hydrogen) atoms. The van der Waals surface area contributed by atoms with Gasteiger partial charge < -0.3 is 0 Å². The van der Waals surface area contributed by atoms with Gasteiger partial charge in [0.2, 0.25) is 0 Å². The average molecular weight is 490 g/mol. The van der Waals surface area contributed by atoms with Crippen molar-refractivity contribution in [3.63, 3.8) is 0 Å². The molecule has 154 valence electrons. The standard InChI is InChI=1S/C17H15.C9H13.C2H6Si.Zr/c1-12-6-5-9-15(13(12)2)17-11-10-14-7-3-4-8-16(14)17;1-6-5-7(2)9(4)8(6)3;1-3-2;/h3-11H,1-2H3;5H,1-4H3;1-2H3;. The van der Waals surface area contributed by atoms with Gasteiger partial charge in [0.25, 0.3) is 0 Å². The summed E-state index contributed by atoms with van der Waals surface area (Å²) in [5.41, 5.74) is 15.1. The molecule has 0 aromatic heterocycles. The molecule has 0 spiro atoms. The van der Waals surface area contributed by atoms with E-state index in [2.05, 4.69) is 103 Å². The Bertz CT molecular complexity index is 1140.